The van der Waals surface area contributed by atoms with Crippen molar-refractivity contribution in [1.29, 1.82) is 0 Å². The van der Waals surface area contributed by atoms with Crippen molar-refractivity contribution in [3.05, 3.63) is 28.8 Å². The van der Waals surface area contributed by atoms with Gasteiger partial charge in [-0.15, -0.1) is 0 Å². The monoisotopic (exact) mass is 404 g/mol. The van der Waals surface area contributed by atoms with E-state index in [-0.39, 0.29) is 24.7 Å². The van der Waals surface area contributed by atoms with E-state index in [0.29, 0.717) is 22.9 Å². The highest BCUT2D eigenvalue weighted by Crippen LogP contribution is 2.28. The Labute approximate surface area is 159 Å². The summed E-state index contributed by atoms with van der Waals surface area (Å²) in [6.45, 7) is 2.79. The van der Waals surface area contributed by atoms with Crippen LogP contribution < -0.4 is 4.74 Å². The highest BCUT2D eigenvalue weighted by Gasteiger charge is 2.37. The number of aliphatic hydroxyl groups is 1. The van der Waals surface area contributed by atoms with Gasteiger partial charge in [0.15, 0.2) is 0 Å². The standard InChI is InChI=1S/C17H25ClN2O5S/c1-4-7-25-16-6-5-12(8-14(16)18)17(22)20-9-13(15(21)10-20)11-26(23,24)19(2)3/h5-6,8,13,15,21H,4,7,9-11H2,1-3H3/t13-,15-/m0/s1. The number of carbonyl (C=O) groups excluding carboxylic acids is 1. The van der Waals surface area contributed by atoms with E-state index < -0.39 is 22.0 Å². The van der Waals surface area contributed by atoms with Crippen LogP contribution in [0.3, 0.4) is 0 Å². The quantitative estimate of drug-likeness (QED) is 0.743. The summed E-state index contributed by atoms with van der Waals surface area (Å²) in [6.07, 6.45) is -0.0313. The number of likely N-dealkylation sites (tertiary alicyclic amines) is 1. The number of sulfonamides is 1. The van der Waals surface area contributed by atoms with E-state index in [9.17, 15) is 18.3 Å². The highest BCUT2D eigenvalue weighted by molar-refractivity contribution is 7.89. The zero-order valence-corrected chi connectivity index (χ0v) is 16.8. The molecule has 0 aromatic heterocycles. The van der Waals surface area contributed by atoms with Gasteiger partial charge < -0.3 is 14.7 Å². The number of carbonyl (C=O) groups is 1. The summed E-state index contributed by atoms with van der Waals surface area (Å²) < 4.78 is 30.7. The van der Waals surface area contributed by atoms with Crippen LogP contribution in [0.5, 0.6) is 5.75 Å². The van der Waals surface area contributed by atoms with Gasteiger partial charge in [-0.3, -0.25) is 4.79 Å². The molecule has 1 amide bonds. The SMILES string of the molecule is CCCOc1ccc(C(=O)N2C[C@@H](CS(=O)(=O)N(C)C)[C@@H](O)C2)cc1Cl. The Morgan fingerprint density at radius 3 is 2.65 bits per heavy atom. The minimum Gasteiger partial charge on any atom is -0.492 e. The number of β-amino-alcohol motifs (C(OH)–C–C–N with tert-alkyl or cyclic N) is 1. The van der Waals surface area contributed by atoms with Crippen molar-refractivity contribution < 1.29 is 23.1 Å². The first-order valence-electron chi connectivity index (χ1n) is 8.45. The molecule has 7 nitrogen and oxygen atoms in total. The number of benzene rings is 1. The summed E-state index contributed by atoms with van der Waals surface area (Å²) in [5.41, 5.74) is 0.377. The Bertz CT molecular complexity index is 754. The van der Waals surface area contributed by atoms with E-state index in [1.165, 1.54) is 25.1 Å². The first kappa shape index (κ1) is 21.0. The van der Waals surface area contributed by atoms with Crippen molar-refractivity contribution in [2.24, 2.45) is 5.92 Å². The molecule has 9 heteroatoms. The summed E-state index contributed by atoms with van der Waals surface area (Å²) in [6, 6.07) is 4.80. The third-order valence-electron chi connectivity index (χ3n) is 4.32. The van der Waals surface area contributed by atoms with Crippen LogP contribution in [-0.2, 0) is 10.0 Å². The van der Waals surface area contributed by atoms with E-state index in [0.717, 1.165) is 10.7 Å². The third kappa shape index (κ3) is 4.88. The molecule has 1 N–H and O–H groups in total. The van der Waals surface area contributed by atoms with Gasteiger partial charge in [-0.05, 0) is 24.6 Å². The highest BCUT2D eigenvalue weighted by atomic mass is 35.5. The van der Waals surface area contributed by atoms with Gasteiger partial charge in [-0.1, -0.05) is 18.5 Å². The molecule has 2 atom stereocenters. The largest absolute Gasteiger partial charge is 0.492 e. The molecule has 26 heavy (non-hydrogen) atoms. The predicted octanol–water partition coefficient (Wildman–Crippen LogP) is 1.45. The van der Waals surface area contributed by atoms with Gasteiger partial charge in [0, 0.05) is 38.7 Å². The number of halogens is 1. The predicted molar refractivity (Wildman–Crippen MR) is 100 cm³/mol. The van der Waals surface area contributed by atoms with E-state index in [4.69, 9.17) is 16.3 Å². The Morgan fingerprint density at radius 2 is 2.08 bits per heavy atom. The molecular formula is C17H25ClN2O5S. The van der Waals surface area contributed by atoms with E-state index in [1.807, 2.05) is 6.92 Å². The zero-order valence-electron chi connectivity index (χ0n) is 15.2. The van der Waals surface area contributed by atoms with Gasteiger partial charge in [0.2, 0.25) is 10.0 Å². The fourth-order valence-electron chi connectivity index (χ4n) is 2.75. The average Bonchev–Trinajstić information content (AvgIpc) is 2.93. The first-order valence-corrected chi connectivity index (χ1v) is 10.4. The molecule has 0 saturated carbocycles. The number of hydrogen-bond acceptors (Lipinski definition) is 5. The summed E-state index contributed by atoms with van der Waals surface area (Å²) in [4.78, 5) is 14.1. The number of rotatable bonds is 7. The Balaban J connectivity index is 2.08. The van der Waals surface area contributed by atoms with Crippen LogP contribution in [0.15, 0.2) is 18.2 Å². The molecule has 1 heterocycles. The van der Waals surface area contributed by atoms with Crippen molar-refractivity contribution in [3.63, 3.8) is 0 Å². The second-order valence-electron chi connectivity index (χ2n) is 6.59. The number of ether oxygens (including phenoxy) is 1. The van der Waals surface area contributed by atoms with Crippen LogP contribution >= 0.6 is 11.6 Å². The van der Waals surface area contributed by atoms with Gasteiger partial charge >= 0.3 is 0 Å². The Morgan fingerprint density at radius 1 is 1.38 bits per heavy atom. The minimum atomic E-state index is -3.45. The van der Waals surface area contributed by atoms with Crippen LogP contribution in [-0.4, -0.2) is 74.3 Å². The normalized spacial score (nSPS) is 20.6. The van der Waals surface area contributed by atoms with Crippen LogP contribution in [0.2, 0.25) is 5.02 Å². The number of nitrogens with zero attached hydrogens (tertiary/aromatic N) is 2. The van der Waals surface area contributed by atoms with Crippen LogP contribution in [0.25, 0.3) is 0 Å². The molecule has 0 bridgehead atoms. The summed E-state index contributed by atoms with van der Waals surface area (Å²) in [5.74, 6) is -0.497. The van der Waals surface area contributed by atoms with E-state index in [1.54, 1.807) is 12.1 Å². The lowest BCUT2D eigenvalue weighted by atomic mass is 10.1. The fraction of sp³-hybridized carbons (Fsp3) is 0.588. The van der Waals surface area contributed by atoms with Crippen LogP contribution in [0, 0.1) is 5.92 Å². The maximum Gasteiger partial charge on any atom is 0.254 e. The minimum absolute atomic E-state index is 0.0954. The van der Waals surface area contributed by atoms with Gasteiger partial charge in [-0.25, -0.2) is 12.7 Å². The molecule has 1 aliphatic rings. The van der Waals surface area contributed by atoms with Crippen molar-refractivity contribution in [1.82, 2.24) is 9.21 Å². The summed E-state index contributed by atoms with van der Waals surface area (Å²) in [7, 11) is -0.555. The molecule has 0 radical (unpaired) electrons. The second-order valence-corrected chi connectivity index (χ2v) is 9.23. The lowest BCUT2D eigenvalue weighted by Gasteiger charge is -2.18. The first-order chi connectivity index (χ1) is 12.2. The van der Waals surface area contributed by atoms with Gasteiger partial charge in [0.1, 0.15) is 5.75 Å². The average molecular weight is 405 g/mol. The molecule has 146 valence electrons. The third-order valence-corrected chi connectivity index (χ3v) is 6.57. The number of aliphatic hydroxyl groups excluding tert-OH is 1. The van der Waals surface area contributed by atoms with E-state index in [2.05, 4.69) is 0 Å². The van der Waals surface area contributed by atoms with Gasteiger partial charge in [0.05, 0.1) is 23.5 Å². The second kappa shape index (κ2) is 8.56. The molecule has 0 unspecified atom stereocenters. The maximum atomic E-state index is 12.7. The van der Waals surface area contributed by atoms with Crippen LogP contribution in [0.4, 0.5) is 0 Å². The Kier molecular flexibility index (Phi) is 6.90. The molecule has 0 spiro atoms. The number of amides is 1. The summed E-state index contributed by atoms with van der Waals surface area (Å²) >= 11 is 6.17. The van der Waals surface area contributed by atoms with Gasteiger partial charge in [-0.2, -0.15) is 0 Å². The molecule has 1 aromatic rings. The lowest BCUT2D eigenvalue weighted by Crippen LogP contribution is -2.33. The fourth-order valence-corrected chi connectivity index (χ4v) is 4.15. The topological polar surface area (TPSA) is 87.2 Å². The summed E-state index contributed by atoms with van der Waals surface area (Å²) in [5, 5.41) is 10.5. The maximum absolute atomic E-state index is 12.7. The van der Waals surface area contributed by atoms with Crippen molar-refractivity contribution >= 4 is 27.5 Å². The van der Waals surface area contributed by atoms with Crippen molar-refractivity contribution in [3.8, 4) is 5.75 Å². The smallest absolute Gasteiger partial charge is 0.254 e. The molecular weight excluding hydrogens is 380 g/mol. The Hall–Kier alpha value is -1.35. The molecule has 1 fully saturated rings. The molecule has 1 aromatic carbocycles. The van der Waals surface area contributed by atoms with Crippen molar-refractivity contribution in [2.75, 3.05) is 39.5 Å². The van der Waals surface area contributed by atoms with E-state index >= 15 is 0 Å². The van der Waals surface area contributed by atoms with Crippen LogP contribution in [0.1, 0.15) is 23.7 Å². The molecule has 1 saturated heterocycles. The molecule has 0 aliphatic carbocycles. The number of hydrogen-bond donors (Lipinski definition) is 1. The molecule has 2 rings (SSSR count). The van der Waals surface area contributed by atoms with Gasteiger partial charge in [0.25, 0.3) is 5.91 Å². The molecule has 1 aliphatic heterocycles. The van der Waals surface area contributed by atoms with Crippen molar-refractivity contribution in [2.45, 2.75) is 19.4 Å². The lowest BCUT2D eigenvalue weighted by molar-refractivity contribution is 0.0764. The zero-order chi connectivity index (χ0) is 19.5.